The van der Waals surface area contributed by atoms with E-state index in [0.717, 1.165) is 52.7 Å². The van der Waals surface area contributed by atoms with Crippen LogP contribution < -0.4 is 10.6 Å². The predicted molar refractivity (Wildman–Crippen MR) is 146 cm³/mol. The van der Waals surface area contributed by atoms with E-state index >= 15 is 0 Å². The molecule has 0 saturated carbocycles. The Bertz CT molecular complexity index is 1410. The Morgan fingerprint density at radius 2 is 2.05 bits per heavy atom. The van der Waals surface area contributed by atoms with Gasteiger partial charge in [0.1, 0.15) is 0 Å². The Kier molecular flexibility index (Phi) is 7.17. The minimum Gasteiger partial charge on any atom is -0.416 e. The van der Waals surface area contributed by atoms with E-state index in [-0.39, 0.29) is 23.3 Å². The van der Waals surface area contributed by atoms with Crippen LogP contribution in [0.25, 0.3) is 11.4 Å². The zero-order chi connectivity index (χ0) is 26.0. The van der Waals surface area contributed by atoms with Crippen molar-refractivity contribution in [2.24, 2.45) is 0 Å². The average molecular weight is 613 g/mol. The second-order valence-electron chi connectivity index (χ2n) is 9.98. The molecule has 5 rings (SSSR count). The molecule has 1 amide bonds. The lowest BCUT2D eigenvalue weighted by molar-refractivity contribution is 0.0896. The fourth-order valence-corrected chi connectivity index (χ4v) is 4.54. The molecule has 1 unspecified atom stereocenters. The van der Waals surface area contributed by atoms with Crippen LogP contribution in [-0.2, 0) is 16.4 Å². The number of carbonyl (C=O) groups is 1. The number of rotatable bonds is 6. The van der Waals surface area contributed by atoms with E-state index in [1.807, 2.05) is 43.9 Å². The summed E-state index contributed by atoms with van der Waals surface area (Å²) in [6.07, 6.45) is 10.9. The van der Waals surface area contributed by atoms with Crippen molar-refractivity contribution < 1.29 is 9.21 Å². The Labute approximate surface area is 228 Å². The van der Waals surface area contributed by atoms with Crippen LogP contribution in [0.3, 0.4) is 0 Å². The lowest BCUT2D eigenvalue weighted by Gasteiger charge is -2.19. The molecule has 0 spiro atoms. The first-order valence-electron chi connectivity index (χ1n) is 12.1. The molecule has 0 fully saturated rings. The number of pyridine rings is 1. The van der Waals surface area contributed by atoms with Gasteiger partial charge < -0.3 is 15.1 Å². The fraction of sp³-hybridized carbons (Fsp3) is 0.400. The van der Waals surface area contributed by atoms with E-state index < -0.39 is 0 Å². The molecule has 0 radical (unpaired) electrons. The second-order valence-corrected chi connectivity index (χ2v) is 10.7. The largest absolute Gasteiger partial charge is 0.416 e. The molecule has 0 aliphatic heterocycles. The number of carbonyl (C=O) groups excluding carboxylic acids is 1. The van der Waals surface area contributed by atoms with E-state index in [9.17, 15) is 4.79 Å². The summed E-state index contributed by atoms with van der Waals surface area (Å²) >= 11 is 2.24. The van der Waals surface area contributed by atoms with E-state index in [4.69, 9.17) is 9.40 Å². The molecule has 0 aromatic carbocycles. The molecule has 192 valence electrons. The van der Waals surface area contributed by atoms with Gasteiger partial charge >= 0.3 is 11.8 Å². The maximum absolute atomic E-state index is 12.9. The Morgan fingerprint density at radius 1 is 1.19 bits per heavy atom. The van der Waals surface area contributed by atoms with Gasteiger partial charge in [0, 0.05) is 24.0 Å². The topological polar surface area (TPSA) is 137 Å². The van der Waals surface area contributed by atoms with Gasteiger partial charge in [-0.3, -0.25) is 14.5 Å². The normalized spacial score (nSPS) is 15.6. The summed E-state index contributed by atoms with van der Waals surface area (Å²) in [5.74, 6) is 0.511. The van der Waals surface area contributed by atoms with Gasteiger partial charge in [-0.15, -0.1) is 10.2 Å². The smallest absolute Gasteiger partial charge is 0.309 e. The van der Waals surface area contributed by atoms with Crippen molar-refractivity contribution in [2.45, 2.75) is 62.5 Å². The Hall–Kier alpha value is -3.42. The number of hydrogen-bond donors (Lipinski definition) is 2. The minimum absolute atomic E-state index is 0.0228. The molecular formula is C25H28IN9O2. The third-order valence-electron chi connectivity index (χ3n) is 6.08. The molecule has 2 N–H and O–H groups in total. The van der Waals surface area contributed by atoms with E-state index in [1.54, 1.807) is 12.4 Å². The number of alkyl halides is 1. The number of nitrogens with one attached hydrogen (secondary N) is 2. The van der Waals surface area contributed by atoms with Crippen molar-refractivity contribution in [1.82, 2.24) is 40.2 Å². The van der Waals surface area contributed by atoms with Crippen LogP contribution in [0.4, 0.5) is 11.6 Å². The van der Waals surface area contributed by atoms with Crippen LogP contribution in [0.15, 0.2) is 41.3 Å². The number of nitrogens with zero attached hydrogens (tertiary/aromatic N) is 7. The summed E-state index contributed by atoms with van der Waals surface area (Å²) in [5.41, 5.74) is 4.11. The zero-order valence-corrected chi connectivity index (χ0v) is 23.1. The van der Waals surface area contributed by atoms with Crippen LogP contribution in [0.1, 0.15) is 73.8 Å². The molecule has 0 saturated heterocycles. The summed E-state index contributed by atoms with van der Waals surface area (Å²) in [5, 5.41) is 18.5. The highest BCUT2D eigenvalue weighted by Crippen LogP contribution is 2.31. The zero-order valence-electron chi connectivity index (χ0n) is 20.9. The Balaban J connectivity index is 1.35. The van der Waals surface area contributed by atoms with Crippen LogP contribution in [-0.4, -0.2) is 40.8 Å². The highest BCUT2D eigenvalue weighted by Gasteiger charge is 2.27. The fourth-order valence-electron chi connectivity index (χ4n) is 4.17. The molecule has 1 atom stereocenters. The third kappa shape index (κ3) is 5.78. The van der Waals surface area contributed by atoms with Gasteiger partial charge in [-0.05, 0) is 42.5 Å². The highest BCUT2D eigenvalue weighted by atomic mass is 127. The van der Waals surface area contributed by atoms with Crippen molar-refractivity contribution >= 4 is 40.1 Å². The molecule has 1 aliphatic rings. The Morgan fingerprint density at radius 3 is 2.81 bits per heavy atom. The summed E-state index contributed by atoms with van der Waals surface area (Å²) in [4.78, 5) is 26.6. The van der Waals surface area contributed by atoms with Gasteiger partial charge in [-0.25, -0.2) is 9.97 Å². The number of amides is 1. The molecule has 11 nitrogen and oxygen atoms in total. The number of halogens is 1. The summed E-state index contributed by atoms with van der Waals surface area (Å²) in [7, 11) is 0. The SMILES string of the molecule is CC(C)(C)c1nnc(C(=O)NC2CCCCc3cc(-c4ccnc(Nc5cnn(CI)c5)n4)ncc32)o1. The van der Waals surface area contributed by atoms with E-state index in [1.165, 1.54) is 0 Å². The number of aryl methyl sites for hydroxylation is 1. The molecule has 37 heavy (non-hydrogen) atoms. The molecule has 4 aromatic rings. The predicted octanol–water partition coefficient (Wildman–Crippen LogP) is 4.75. The van der Waals surface area contributed by atoms with Crippen LogP contribution >= 0.6 is 22.6 Å². The van der Waals surface area contributed by atoms with Gasteiger partial charge in [-0.2, -0.15) is 5.10 Å². The molecular weight excluding hydrogens is 585 g/mol. The highest BCUT2D eigenvalue weighted by molar-refractivity contribution is 14.1. The van der Waals surface area contributed by atoms with E-state index in [0.29, 0.717) is 17.5 Å². The van der Waals surface area contributed by atoms with Crippen molar-refractivity contribution in [3.8, 4) is 11.4 Å². The van der Waals surface area contributed by atoms with Gasteiger partial charge in [0.2, 0.25) is 11.8 Å². The van der Waals surface area contributed by atoms with E-state index in [2.05, 4.69) is 64.6 Å². The van der Waals surface area contributed by atoms with Crippen LogP contribution in [0, 0.1) is 0 Å². The summed E-state index contributed by atoms with van der Waals surface area (Å²) in [6, 6.07) is 3.71. The van der Waals surface area contributed by atoms with Crippen molar-refractivity contribution in [3.63, 3.8) is 0 Å². The van der Waals surface area contributed by atoms with Gasteiger partial charge in [0.25, 0.3) is 0 Å². The number of fused-ring (bicyclic) bond motifs is 1. The van der Waals surface area contributed by atoms with Gasteiger partial charge in [0.05, 0.1) is 33.9 Å². The number of aromatic nitrogens is 7. The number of anilines is 2. The minimum atomic E-state index is -0.373. The standard InChI is InChI=1S/C25H28IN9O2/c1-25(2,3)23-34-33-22(37-23)21(36)31-18-7-5-4-6-15-10-20(28-12-17(15)18)19-8-9-27-24(32-19)30-16-11-29-35(13-16)14-26/h8-13,18H,4-7,14H2,1-3H3,(H,31,36)(H,27,30,32). The second kappa shape index (κ2) is 10.5. The lowest BCUT2D eigenvalue weighted by Crippen LogP contribution is -2.29. The monoisotopic (exact) mass is 613 g/mol. The van der Waals surface area contributed by atoms with Crippen LogP contribution in [0.2, 0.25) is 0 Å². The number of hydrogen-bond acceptors (Lipinski definition) is 9. The first-order valence-corrected chi connectivity index (χ1v) is 13.7. The molecule has 0 bridgehead atoms. The maximum Gasteiger partial charge on any atom is 0.309 e. The molecule has 12 heteroatoms. The molecule has 1 aliphatic carbocycles. The molecule has 4 heterocycles. The molecule has 4 aromatic heterocycles. The van der Waals surface area contributed by atoms with Crippen molar-refractivity contribution in [2.75, 3.05) is 5.32 Å². The third-order valence-corrected chi connectivity index (χ3v) is 6.78. The maximum atomic E-state index is 12.9. The summed E-state index contributed by atoms with van der Waals surface area (Å²) < 4.78 is 8.21. The quantitative estimate of drug-likeness (QED) is 0.179. The summed E-state index contributed by atoms with van der Waals surface area (Å²) in [6.45, 7) is 5.89. The average Bonchev–Trinajstić information content (AvgIpc) is 3.52. The first-order chi connectivity index (χ1) is 17.8. The van der Waals surface area contributed by atoms with Crippen LogP contribution in [0.5, 0.6) is 0 Å². The van der Waals surface area contributed by atoms with Crippen molar-refractivity contribution in [3.05, 3.63) is 59.8 Å². The first kappa shape index (κ1) is 25.2. The van der Waals surface area contributed by atoms with Gasteiger partial charge in [0.15, 0.2) is 0 Å². The lowest BCUT2D eigenvalue weighted by atomic mass is 9.97. The van der Waals surface area contributed by atoms with Crippen molar-refractivity contribution in [1.29, 1.82) is 0 Å². The van der Waals surface area contributed by atoms with Gasteiger partial charge in [-0.1, -0.05) is 49.8 Å².